The Balaban J connectivity index is 2.48. The first kappa shape index (κ1) is 11.1. The number of hydrogen-bond acceptors (Lipinski definition) is 3. The van der Waals surface area contributed by atoms with Gasteiger partial charge in [-0.1, -0.05) is 0 Å². The molecule has 0 saturated carbocycles. The number of halogens is 3. The van der Waals surface area contributed by atoms with Crippen molar-refractivity contribution in [3.05, 3.63) is 11.8 Å². The van der Waals surface area contributed by atoms with Crippen LogP contribution in [0.3, 0.4) is 0 Å². The fourth-order valence-corrected chi connectivity index (χ4v) is 2.01. The first-order valence-electron chi connectivity index (χ1n) is 4.74. The third-order valence-electron chi connectivity index (χ3n) is 2.55. The van der Waals surface area contributed by atoms with E-state index in [9.17, 15) is 8.78 Å². The van der Waals surface area contributed by atoms with Crippen molar-refractivity contribution in [1.82, 2.24) is 9.78 Å². The lowest BCUT2D eigenvalue weighted by molar-refractivity contribution is 0.0214. The molecule has 2 heterocycles. The minimum Gasteiger partial charge on any atom is -0.367 e. The molecule has 0 amide bonds. The molecule has 0 unspecified atom stereocenters. The van der Waals surface area contributed by atoms with Crippen LogP contribution in [0.25, 0.3) is 0 Å². The Morgan fingerprint density at radius 1 is 1.75 bits per heavy atom. The molecular formula is C9H9ClF2N4. The van der Waals surface area contributed by atoms with Crippen molar-refractivity contribution in [1.29, 1.82) is 5.26 Å². The normalized spacial score (nSPS) is 24.4. The second-order valence-corrected chi connectivity index (χ2v) is 4.31. The maximum Gasteiger partial charge on any atom is 0.343 e. The zero-order valence-corrected chi connectivity index (χ0v) is 9.17. The topological polar surface area (TPSA) is 53.6 Å². The molecule has 1 aromatic heterocycles. The van der Waals surface area contributed by atoms with Crippen LogP contribution in [0.4, 0.5) is 14.6 Å². The summed E-state index contributed by atoms with van der Waals surface area (Å²) in [6, 6.07) is 0.499. The van der Waals surface area contributed by atoms with Crippen LogP contribution in [0.2, 0.25) is 0 Å². The van der Waals surface area contributed by atoms with Gasteiger partial charge in [0.25, 0.3) is 0 Å². The third-order valence-corrected chi connectivity index (χ3v) is 2.80. The van der Waals surface area contributed by atoms with Crippen LogP contribution in [0.15, 0.2) is 6.20 Å². The summed E-state index contributed by atoms with van der Waals surface area (Å²) >= 11 is 5.05. The van der Waals surface area contributed by atoms with E-state index in [0.717, 1.165) is 4.68 Å². The second kappa shape index (κ2) is 3.59. The molecule has 0 spiro atoms. The van der Waals surface area contributed by atoms with Gasteiger partial charge in [-0.25, -0.2) is 4.68 Å². The van der Waals surface area contributed by atoms with Gasteiger partial charge in [0.1, 0.15) is 23.5 Å². The maximum atomic E-state index is 13.2. The summed E-state index contributed by atoms with van der Waals surface area (Å²) in [4.78, 5) is 0. The van der Waals surface area contributed by atoms with Crippen LogP contribution in [0, 0.1) is 11.3 Å². The molecule has 1 aromatic rings. The number of anilines is 1. The molecular weight excluding hydrogens is 238 g/mol. The summed E-state index contributed by atoms with van der Waals surface area (Å²) in [6.45, 7) is 1.76. The number of alkyl halides is 3. The molecule has 0 fully saturated rings. The van der Waals surface area contributed by atoms with Gasteiger partial charge in [-0.3, -0.25) is 0 Å². The van der Waals surface area contributed by atoms with Crippen LogP contribution in [0.1, 0.15) is 24.9 Å². The molecule has 1 N–H and O–H groups in total. The van der Waals surface area contributed by atoms with Crippen molar-refractivity contribution in [2.75, 3.05) is 5.32 Å². The monoisotopic (exact) mass is 246 g/mol. The van der Waals surface area contributed by atoms with E-state index in [2.05, 4.69) is 10.4 Å². The zero-order chi connectivity index (χ0) is 11.9. The third kappa shape index (κ3) is 1.71. The quantitative estimate of drug-likeness (QED) is 0.774. The van der Waals surface area contributed by atoms with E-state index in [1.807, 2.05) is 6.07 Å². The van der Waals surface area contributed by atoms with E-state index in [4.69, 9.17) is 16.9 Å². The number of nitrogens with one attached hydrogen (secondary N) is 1. The molecule has 2 rings (SSSR count). The molecule has 7 heteroatoms. The fraction of sp³-hybridized carbons (Fsp3) is 0.556. The number of fused-ring (bicyclic) bond motifs is 1. The molecule has 0 aliphatic carbocycles. The largest absolute Gasteiger partial charge is 0.367 e. The van der Waals surface area contributed by atoms with Crippen LogP contribution in [-0.2, 0) is 0 Å². The van der Waals surface area contributed by atoms with Crippen LogP contribution in [0.5, 0.6) is 0 Å². The zero-order valence-electron chi connectivity index (χ0n) is 8.41. The SMILES string of the molecule is C[C@@H]1C[C@H](C(F)(F)Cl)n2ncc(C#N)c2N1. The average Bonchev–Trinajstić information content (AvgIpc) is 2.57. The van der Waals surface area contributed by atoms with Crippen LogP contribution >= 0.6 is 11.6 Å². The van der Waals surface area contributed by atoms with E-state index < -0.39 is 11.4 Å². The van der Waals surface area contributed by atoms with E-state index in [-0.39, 0.29) is 18.0 Å². The summed E-state index contributed by atoms with van der Waals surface area (Å²) in [7, 11) is 0. The van der Waals surface area contributed by atoms with E-state index in [1.165, 1.54) is 6.20 Å². The minimum atomic E-state index is -3.37. The van der Waals surface area contributed by atoms with Crippen molar-refractivity contribution >= 4 is 17.4 Å². The number of nitrogens with zero attached hydrogens (tertiary/aromatic N) is 3. The summed E-state index contributed by atoms with van der Waals surface area (Å²) < 4.78 is 27.4. The van der Waals surface area contributed by atoms with Crippen molar-refractivity contribution in [3.63, 3.8) is 0 Å². The first-order valence-corrected chi connectivity index (χ1v) is 5.12. The number of nitriles is 1. The standard InChI is InChI=1S/C9H9ClF2N4/c1-5-2-7(9(10,11)12)16-8(15-5)6(3-13)4-14-16/h4-5,7,15H,2H2,1H3/t5-,7-/m1/s1. The molecule has 16 heavy (non-hydrogen) atoms. The minimum absolute atomic E-state index is 0.163. The van der Waals surface area contributed by atoms with Gasteiger partial charge in [0.15, 0.2) is 0 Å². The van der Waals surface area contributed by atoms with Gasteiger partial charge in [-0.15, -0.1) is 0 Å². The highest BCUT2D eigenvalue weighted by Crippen LogP contribution is 2.41. The van der Waals surface area contributed by atoms with Crippen molar-refractivity contribution in [2.45, 2.75) is 30.8 Å². The van der Waals surface area contributed by atoms with Crippen molar-refractivity contribution < 1.29 is 8.78 Å². The molecule has 86 valence electrons. The van der Waals surface area contributed by atoms with Gasteiger partial charge < -0.3 is 5.32 Å². The molecule has 0 aromatic carbocycles. The lowest BCUT2D eigenvalue weighted by Gasteiger charge is -2.32. The lowest BCUT2D eigenvalue weighted by atomic mass is 10.1. The predicted molar refractivity (Wildman–Crippen MR) is 54.5 cm³/mol. The van der Waals surface area contributed by atoms with Gasteiger partial charge >= 0.3 is 5.38 Å². The lowest BCUT2D eigenvalue weighted by Crippen LogP contribution is -2.37. The Labute approximate surface area is 95.8 Å². The molecule has 0 saturated heterocycles. The summed E-state index contributed by atoms with van der Waals surface area (Å²) in [5.74, 6) is 0.312. The molecule has 1 aliphatic heterocycles. The molecule has 4 nitrogen and oxygen atoms in total. The smallest absolute Gasteiger partial charge is 0.343 e. The molecule has 0 radical (unpaired) electrons. The summed E-state index contributed by atoms with van der Waals surface area (Å²) in [5.41, 5.74) is 0.248. The molecule has 1 aliphatic rings. The van der Waals surface area contributed by atoms with Crippen LogP contribution in [-0.4, -0.2) is 21.2 Å². The van der Waals surface area contributed by atoms with E-state index in [1.54, 1.807) is 6.92 Å². The van der Waals surface area contributed by atoms with Gasteiger partial charge in [0.2, 0.25) is 0 Å². The van der Waals surface area contributed by atoms with Gasteiger partial charge in [0.05, 0.1) is 6.20 Å². The van der Waals surface area contributed by atoms with Gasteiger partial charge in [-0.2, -0.15) is 19.1 Å². The first-order chi connectivity index (χ1) is 7.43. The number of hydrogen-bond donors (Lipinski definition) is 1. The van der Waals surface area contributed by atoms with Crippen molar-refractivity contribution in [2.24, 2.45) is 0 Å². The molecule has 0 bridgehead atoms. The van der Waals surface area contributed by atoms with Gasteiger partial charge in [0, 0.05) is 6.04 Å². The Kier molecular flexibility index (Phi) is 2.50. The van der Waals surface area contributed by atoms with Crippen molar-refractivity contribution in [3.8, 4) is 6.07 Å². The Morgan fingerprint density at radius 3 is 3.00 bits per heavy atom. The van der Waals surface area contributed by atoms with Gasteiger partial charge in [-0.05, 0) is 24.9 Å². The highest BCUT2D eigenvalue weighted by Gasteiger charge is 2.43. The van der Waals surface area contributed by atoms with Crippen LogP contribution < -0.4 is 5.32 Å². The molecule has 2 atom stereocenters. The highest BCUT2D eigenvalue weighted by molar-refractivity contribution is 6.22. The average molecular weight is 247 g/mol. The number of aromatic nitrogens is 2. The summed E-state index contributed by atoms with van der Waals surface area (Å²) in [6.07, 6.45) is 1.42. The summed E-state index contributed by atoms with van der Waals surface area (Å²) in [5, 5.41) is 12.1. The highest BCUT2D eigenvalue weighted by atomic mass is 35.5. The second-order valence-electron chi connectivity index (χ2n) is 3.80. The maximum absolute atomic E-state index is 13.2. The fourth-order valence-electron chi connectivity index (χ4n) is 1.82. The Morgan fingerprint density at radius 2 is 2.44 bits per heavy atom. The number of rotatable bonds is 1. The predicted octanol–water partition coefficient (Wildman–Crippen LogP) is 2.33. The Hall–Kier alpha value is -1.35. The van der Waals surface area contributed by atoms with E-state index in [0.29, 0.717) is 5.82 Å². The Bertz CT molecular complexity index is 445. The van der Waals surface area contributed by atoms with E-state index >= 15 is 0 Å².